The van der Waals surface area contributed by atoms with Crippen molar-refractivity contribution in [3.8, 4) is 22.4 Å². The minimum Gasteiger partial charge on any atom is -0.339 e. The monoisotopic (exact) mass is 465 g/mol. The molecule has 1 unspecified atom stereocenters. The molecule has 2 aromatic carbocycles. The first-order valence-electron chi connectivity index (χ1n) is 10.9. The van der Waals surface area contributed by atoms with Crippen LogP contribution in [0, 0.1) is 0 Å². The predicted octanol–water partition coefficient (Wildman–Crippen LogP) is 5.55. The summed E-state index contributed by atoms with van der Waals surface area (Å²) in [4.78, 5) is 31.2. The summed E-state index contributed by atoms with van der Waals surface area (Å²) in [7, 11) is 0. The van der Waals surface area contributed by atoms with Crippen LogP contribution in [0.1, 0.15) is 26.2 Å². The van der Waals surface area contributed by atoms with Gasteiger partial charge in [-0.3, -0.25) is 9.59 Å². The first-order chi connectivity index (χ1) is 15.6. The van der Waals surface area contributed by atoms with Gasteiger partial charge in [-0.05, 0) is 37.3 Å². The molecule has 32 heavy (non-hydrogen) atoms. The highest BCUT2D eigenvalue weighted by atomic mass is 32.2. The minimum atomic E-state index is -0.130. The van der Waals surface area contributed by atoms with Gasteiger partial charge in [-0.25, -0.2) is 4.98 Å². The number of thiazole rings is 1. The van der Waals surface area contributed by atoms with Crippen molar-refractivity contribution in [2.75, 3.05) is 23.4 Å². The molecule has 1 fully saturated rings. The van der Waals surface area contributed by atoms with E-state index < -0.39 is 0 Å². The van der Waals surface area contributed by atoms with Crippen LogP contribution in [0.2, 0.25) is 0 Å². The molecule has 0 bridgehead atoms. The molecule has 0 aliphatic carbocycles. The maximum atomic E-state index is 12.4. The van der Waals surface area contributed by atoms with Crippen molar-refractivity contribution in [3.63, 3.8) is 0 Å². The van der Waals surface area contributed by atoms with Gasteiger partial charge < -0.3 is 10.2 Å². The van der Waals surface area contributed by atoms with Crippen LogP contribution < -0.4 is 5.32 Å². The molecule has 2 heterocycles. The number of nitrogens with one attached hydrogen (secondary N) is 1. The summed E-state index contributed by atoms with van der Waals surface area (Å²) in [6.45, 7) is 2.94. The highest BCUT2D eigenvalue weighted by Gasteiger charge is 2.23. The number of hydrogen-bond donors (Lipinski definition) is 1. The van der Waals surface area contributed by atoms with Crippen LogP contribution in [0.4, 0.5) is 5.13 Å². The molecular formula is C25H27N3O2S2. The minimum absolute atomic E-state index is 0.130. The average molecular weight is 466 g/mol. The van der Waals surface area contributed by atoms with Gasteiger partial charge >= 0.3 is 0 Å². The van der Waals surface area contributed by atoms with E-state index in [4.69, 9.17) is 0 Å². The summed E-state index contributed by atoms with van der Waals surface area (Å²) in [5.41, 5.74) is 4.18. The van der Waals surface area contributed by atoms with Crippen LogP contribution in [-0.2, 0) is 9.59 Å². The second-order valence-electron chi connectivity index (χ2n) is 7.95. The summed E-state index contributed by atoms with van der Waals surface area (Å²) in [5.74, 6) is 0.587. The number of benzene rings is 2. The number of nitrogens with zero attached hydrogens (tertiary/aromatic N) is 2. The summed E-state index contributed by atoms with van der Waals surface area (Å²) in [6, 6.07) is 18.8. The van der Waals surface area contributed by atoms with Crippen molar-refractivity contribution in [3.05, 3.63) is 60.0 Å². The van der Waals surface area contributed by atoms with Gasteiger partial charge in [0.15, 0.2) is 5.13 Å². The fourth-order valence-corrected chi connectivity index (χ4v) is 5.30. The second kappa shape index (κ2) is 10.8. The molecule has 0 saturated carbocycles. The molecule has 5 nitrogen and oxygen atoms in total. The number of carbonyl (C=O) groups is 2. The predicted molar refractivity (Wildman–Crippen MR) is 134 cm³/mol. The molecule has 1 saturated heterocycles. The Balaban J connectivity index is 1.26. The normalized spacial score (nSPS) is 16.0. The third kappa shape index (κ3) is 5.78. The van der Waals surface area contributed by atoms with Crippen LogP contribution in [0.15, 0.2) is 60.0 Å². The highest BCUT2D eigenvalue weighted by molar-refractivity contribution is 8.00. The third-order valence-electron chi connectivity index (χ3n) is 5.62. The Kier molecular flexibility index (Phi) is 7.60. The van der Waals surface area contributed by atoms with E-state index >= 15 is 0 Å². The first kappa shape index (κ1) is 22.6. The maximum Gasteiger partial charge on any atom is 0.236 e. The van der Waals surface area contributed by atoms with Gasteiger partial charge in [-0.1, -0.05) is 54.6 Å². The fourth-order valence-electron chi connectivity index (χ4n) is 3.87. The number of aromatic nitrogens is 1. The molecule has 0 spiro atoms. The van der Waals surface area contributed by atoms with Crippen LogP contribution in [0.5, 0.6) is 0 Å². The lowest BCUT2D eigenvalue weighted by atomic mass is 10.0. The summed E-state index contributed by atoms with van der Waals surface area (Å²) in [5, 5.41) is 5.38. The molecule has 1 aliphatic heterocycles. The molecule has 1 aromatic heterocycles. The van der Waals surface area contributed by atoms with Crippen molar-refractivity contribution in [2.24, 2.45) is 0 Å². The SMILES string of the molecule is CC1CCCCN1C(=O)CSCC(=O)Nc1nc(-c2ccc(-c3ccccc3)cc2)cs1. The zero-order valence-electron chi connectivity index (χ0n) is 18.1. The van der Waals surface area contributed by atoms with Crippen molar-refractivity contribution in [1.82, 2.24) is 9.88 Å². The Labute approximate surface area is 197 Å². The molecule has 0 radical (unpaired) electrons. The standard InChI is InChI=1S/C25H27N3O2S2/c1-18-7-5-6-14-28(18)24(30)17-31-16-23(29)27-25-26-22(15-32-25)21-12-10-20(11-13-21)19-8-3-2-4-9-19/h2-4,8-13,15,18H,5-7,14,16-17H2,1H3,(H,26,27,29). The lowest BCUT2D eigenvalue weighted by Gasteiger charge is -2.33. The molecule has 166 valence electrons. The molecule has 1 atom stereocenters. The Morgan fingerprint density at radius 1 is 1.03 bits per heavy atom. The third-order valence-corrected chi connectivity index (χ3v) is 7.30. The number of piperidine rings is 1. The van der Waals surface area contributed by atoms with E-state index in [-0.39, 0.29) is 17.6 Å². The number of likely N-dealkylation sites (tertiary alicyclic amines) is 1. The van der Waals surface area contributed by atoms with E-state index in [1.54, 1.807) is 0 Å². The Hall–Kier alpha value is -2.64. The largest absolute Gasteiger partial charge is 0.339 e. The van der Waals surface area contributed by atoms with E-state index in [1.807, 2.05) is 40.6 Å². The number of rotatable bonds is 7. The number of carbonyl (C=O) groups excluding carboxylic acids is 2. The van der Waals surface area contributed by atoms with Crippen molar-refractivity contribution >= 4 is 40.0 Å². The molecule has 1 aliphatic rings. The second-order valence-corrected chi connectivity index (χ2v) is 9.80. The molecular weight excluding hydrogens is 438 g/mol. The first-order valence-corrected chi connectivity index (χ1v) is 12.9. The van der Waals surface area contributed by atoms with E-state index in [0.717, 1.165) is 36.2 Å². The Bertz CT molecular complexity index is 1050. The number of anilines is 1. The molecule has 7 heteroatoms. The van der Waals surface area contributed by atoms with Crippen molar-refractivity contribution in [1.29, 1.82) is 0 Å². The lowest BCUT2D eigenvalue weighted by Crippen LogP contribution is -2.43. The van der Waals surface area contributed by atoms with Gasteiger partial charge in [0.25, 0.3) is 0 Å². The quantitative estimate of drug-likeness (QED) is 0.497. The fraction of sp³-hybridized carbons (Fsp3) is 0.320. The van der Waals surface area contributed by atoms with Crippen LogP contribution in [0.3, 0.4) is 0 Å². The van der Waals surface area contributed by atoms with Gasteiger partial charge in [0.1, 0.15) is 0 Å². The highest BCUT2D eigenvalue weighted by Crippen LogP contribution is 2.28. The van der Waals surface area contributed by atoms with E-state index in [0.29, 0.717) is 16.9 Å². The number of hydrogen-bond acceptors (Lipinski definition) is 5. The topological polar surface area (TPSA) is 62.3 Å². The Morgan fingerprint density at radius 2 is 1.75 bits per heavy atom. The summed E-state index contributed by atoms with van der Waals surface area (Å²) >= 11 is 2.77. The van der Waals surface area contributed by atoms with Crippen molar-refractivity contribution in [2.45, 2.75) is 32.2 Å². The van der Waals surface area contributed by atoms with Gasteiger partial charge in [-0.2, -0.15) is 0 Å². The van der Waals surface area contributed by atoms with Crippen molar-refractivity contribution < 1.29 is 9.59 Å². The van der Waals surface area contributed by atoms with Crippen LogP contribution in [-0.4, -0.2) is 45.8 Å². The average Bonchev–Trinajstić information content (AvgIpc) is 3.28. The number of amides is 2. The van der Waals surface area contributed by atoms with Gasteiger partial charge in [0, 0.05) is 23.5 Å². The summed E-state index contributed by atoms with van der Waals surface area (Å²) < 4.78 is 0. The van der Waals surface area contributed by atoms with E-state index in [9.17, 15) is 9.59 Å². The Morgan fingerprint density at radius 3 is 2.50 bits per heavy atom. The molecule has 3 aromatic rings. The number of thioether (sulfide) groups is 1. The van der Waals surface area contributed by atoms with Gasteiger partial charge in [0.2, 0.25) is 11.8 Å². The zero-order chi connectivity index (χ0) is 22.3. The summed E-state index contributed by atoms with van der Waals surface area (Å²) in [6.07, 6.45) is 3.33. The molecule has 4 rings (SSSR count). The van der Waals surface area contributed by atoms with Crippen LogP contribution >= 0.6 is 23.1 Å². The van der Waals surface area contributed by atoms with Gasteiger partial charge in [-0.15, -0.1) is 23.1 Å². The maximum absolute atomic E-state index is 12.4. The lowest BCUT2D eigenvalue weighted by molar-refractivity contribution is -0.131. The molecule has 2 amide bonds. The zero-order valence-corrected chi connectivity index (χ0v) is 19.8. The smallest absolute Gasteiger partial charge is 0.236 e. The molecule has 1 N–H and O–H groups in total. The van der Waals surface area contributed by atoms with Crippen LogP contribution in [0.25, 0.3) is 22.4 Å². The van der Waals surface area contributed by atoms with E-state index in [1.165, 1.54) is 35.1 Å². The van der Waals surface area contributed by atoms with Gasteiger partial charge in [0.05, 0.1) is 17.2 Å². The van der Waals surface area contributed by atoms with E-state index in [2.05, 4.69) is 41.5 Å².